The zero-order valence-electron chi connectivity index (χ0n) is 10.1. The summed E-state index contributed by atoms with van der Waals surface area (Å²) >= 11 is 0. The van der Waals surface area contributed by atoms with Gasteiger partial charge in [-0.2, -0.15) is 0 Å². The van der Waals surface area contributed by atoms with Gasteiger partial charge in [0.25, 0.3) is 0 Å². The summed E-state index contributed by atoms with van der Waals surface area (Å²) in [5.41, 5.74) is 1.54. The van der Waals surface area contributed by atoms with Gasteiger partial charge in [-0.1, -0.05) is 0 Å². The predicted molar refractivity (Wildman–Crippen MR) is 66.3 cm³/mol. The molecule has 0 aliphatic carbocycles. The van der Waals surface area contributed by atoms with Crippen molar-refractivity contribution >= 4 is 11.5 Å². The summed E-state index contributed by atoms with van der Waals surface area (Å²) in [6, 6.07) is 3.70. The Morgan fingerprint density at radius 3 is 3.00 bits per heavy atom. The van der Waals surface area contributed by atoms with E-state index >= 15 is 0 Å². The molecule has 0 spiro atoms. The van der Waals surface area contributed by atoms with E-state index in [1.165, 1.54) is 6.92 Å². The van der Waals surface area contributed by atoms with Crippen LogP contribution in [0.1, 0.15) is 30.3 Å². The van der Waals surface area contributed by atoms with Gasteiger partial charge in [0.15, 0.2) is 5.78 Å². The fourth-order valence-electron chi connectivity index (χ4n) is 2.23. The van der Waals surface area contributed by atoms with E-state index in [-0.39, 0.29) is 12.4 Å². The first-order valence-electron chi connectivity index (χ1n) is 6.03. The van der Waals surface area contributed by atoms with E-state index < -0.39 is 0 Å². The van der Waals surface area contributed by atoms with Crippen molar-refractivity contribution in [1.82, 2.24) is 4.98 Å². The summed E-state index contributed by atoms with van der Waals surface area (Å²) in [7, 11) is 0. The smallest absolute Gasteiger partial charge is 0.178 e. The Labute approximate surface area is 101 Å². The Bertz CT molecular complexity index is 389. The fourth-order valence-corrected chi connectivity index (χ4v) is 2.23. The molecule has 0 radical (unpaired) electrons. The van der Waals surface area contributed by atoms with Crippen molar-refractivity contribution in [2.75, 3.05) is 24.6 Å². The molecule has 0 bridgehead atoms. The topological polar surface area (TPSA) is 53.4 Å². The number of anilines is 1. The second kappa shape index (κ2) is 5.27. The number of Topliss-reactive ketones (excluding diaryl/α,β-unsaturated/α-hetero) is 1. The van der Waals surface area contributed by atoms with E-state index in [1.807, 2.05) is 6.07 Å². The maximum Gasteiger partial charge on any atom is 0.178 e. The highest BCUT2D eigenvalue weighted by Crippen LogP contribution is 2.22. The lowest BCUT2D eigenvalue weighted by molar-refractivity contribution is 0.101. The van der Waals surface area contributed by atoms with Gasteiger partial charge in [-0.25, -0.2) is 0 Å². The fraction of sp³-hybridized carbons (Fsp3) is 0.538. The molecule has 17 heavy (non-hydrogen) atoms. The van der Waals surface area contributed by atoms with Gasteiger partial charge in [0.05, 0.1) is 11.9 Å². The summed E-state index contributed by atoms with van der Waals surface area (Å²) in [6.07, 6.45) is 3.93. The lowest BCUT2D eigenvalue weighted by atomic mass is 9.99. The first-order chi connectivity index (χ1) is 8.20. The molecule has 2 rings (SSSR count). The Morgan fingerprint density at radius 1 is 1.59 bits per heavy atom. The van der Waals surface area contributed by atoms with Crippen LogP contribution in [0.4, 0.5) is 5.69 Å². The summed E-state index contributed by atoms with van der Waals surface area (Å²) in [5.74, 6) is 0.347. The lowest BCUT2D eigenvalue weighted by Gasteiger charge is -2.33. The van der Waals surface area contributed by atoms with Crippen LogP contribution in [-0.2, 0) is 0 Å². The molecule has 1 N–H and O–H groups in total. The molecule has 0 aromatic carbocycles. The van der Waals surface area contributed by atoms with Crippen LogP contribution in [0.25, 0.3) is 0 Å². The van der Waals surface area contributed by atoms with Crippen LogP contribution >= 0.6 is 0 Å². The normalized spacial score (nSPS) is 20.4. The molecule has 1 aromatic rings. The number of rotatable bonds is 3. The number of hydrogen-bond donors (Lipinski definition) is 1. The van der Waals surface area contributed by atoms with Gasteiger partial charge < -0.3 is 10.0 Å². The predicted octanol–water partition coefficient (Wildman–Crippen LogP) is 1.49. The number of aromatic nitrogens is 1. The van der Waals surface area contributed by atoms with Crippen molar-refractivity contribution in [2.45, 2.75) is 19.8 Å². The van der Waals surface area contributed by atoms with Gasteiger partial charge in [0, 0.05) is 26.6 Å². The maximum atomic E-state index is 11.1. The molecule has 1 atom stereocenters. The van der Waals surface area contributed by atoms with Gasteiger partial charge in [-0.3, -0.25) is 9.78 Å². The van der Waals surface area contributed by atoms with Crippen LogP contribution in [0.3, 0.4) is 0 Å². The SMILES string of the molecule is CC(=O)c1ccc(N2CCCC(CO)C2)cn1. The summed E-state index contributed by atoms with van der Waals surface area (Å²) in [6.45, 7) is 3.63. The molecule has 2 heterocycles. The monoisotopic (exact) mass is 234 g/mol. The van der Waals surface area contributed by atoms with Crippen molar-refractivity contribution in [2.24, 2.45) is 5.92 Å². The standard InChI is InChI=1S/C13H18N2O2/c1-10(17)13-5-4-12(7-14-13)15-6-2-3-11(8-15)9-16/h4-5,7,11,16H,2-3,6,8-9H2,1H3. The van der Waals surface area contributed by atoms with E-state index in [4.69, 9.17) is 0 Å². The third kappa shape index (κ3) is 2.82. The van der Waals surface area contributed by atoms with E-state index in [0.29, 0.717) is 11.6 Å². The third-order valence-corrected chi connectivity index (χ3v) is 3.25. The average Bonchev–Trinajstić information content (AvgIpc) is 2.39. The number of piperidine rings is 1. The third-order valence-electron chi connectivity index (χ3n) is 3.25. The second-order valence-corrected chi connectivity index (χ2v) is 4.59. The molecule has 1 saturated heterocycles. The van der Waals surface area contributed by atoms with E-state index in [0.717, 1.165) is 31.6 Å². The van der Waals surface area contributed by atoms with Gasteiger partial charge in [-0.15, -0.1) is 0 Å². The summed E-state index contributed by atoms with van der Waals surface area (Å²) < 4.78 is 0. The first-order valence-corrected chi connectivity index (χ1v) is 6.03. The molecule has 1 aliphatic heterocycles. The zero-order valence-corrected chi connectivity index (χ0v) is 10.1. The van der Waals surface area contributed by atoms with Crippen molar-refractivity contribution < 1.29 is 9.90 Å². The van der Waals surface area contributed by atoms with Gasteiger partial charge in [0.2, 0.25) is 0 Å². The average molecular weight is 234 g/mol. The van der Waals surface area contributed by atoms with Crippen molar-refractivity contribution in [3.8, 4) is 0 Å². The van der Waals surface area contributed by atoms with E-state index in [2.05, 4.69) is 9.88 Å². The molecule has 4 nitrogen and oxygen atoms in total. The van der Waals surface area contributed by atoms with Crippen LogP contribution in [0, 0.1) is 5.92 Å². The number of carbonyl (C=O) groups excluding carboxylic acids is 1. The molecule has 1 aromatic heterocycles. The minimum atomic E-state index is -0.0107. The highest BCUT2D eigenvalue weighted by molar-refractivity contribution is 5.92. The maximum absolute atomic E-state index is 11.1. The number of aliphatic hydroxyl groups excluding tert-OH is 1. The van der Waals surface area contributed by atoms with Crippen molar-refractivity contribution in [3.63, 3.8) is 0 Å². The Kier molecular flexibility index (Phi) is 3.74. The summed E-state index contributed by atoms with van der Waals surface area (Å²) in [5, 5.41) is 9.19. The molecule has 0 saturated carbocycles. The Hall–Kier alpha value is -1.42. The van der Waals surface area contributed by atoms with Gasteiger partial charge >= 0.3 is 0 Å². The largest absolute Gasteiger partial charge is 0.396 e. The highest BCUT2D eigenvalue weighted by Gasteiger charge is 2.19. The molecule has 1 unspecified atom stereocenters. The molecule has 4 heteroatoms. The van der Waals surface area contributed by atoms with Crippen molar-refractivity contribution in [3.05, 3.63) is 24.0 Å². The minimum absolute atomic E-state index is 0.0107. The quantitative estimate of drug-likeness (QED) is 0.805. The molecular formula is C13H18N2O2. The van der Waals surface area contributed by atoms with Crippen LogP contribution in [0.5, 0.6) is 0 Å². The Balaban J connectivity index is 2.08. The number of ketones is 1. The van der Waals surface area contributed by atoms with Crippen LogP contribution in [-0.4, -0.2) is 35.6 Å². The highest BCUT2D eigenvalue weighted by atomic mass is 16.3. The zero-order chi connectivity index (χ0) is 12.3. The van der Waals surface area contributed by atoms with Gasteiger partial charge in [-0.05, 0) is 30.9 Å². The van der Waals surface area contributed by atoms with Crippen molar-refractivity contribution in [1.29, 1.82) is 0 Å². The molecular weight excluding hydrogens is 216 g/mol. The number of hydrogen-bond acceptors (Lipinski definition) is 4. The first kappa shape index (κ1) is 12.0. The number of aliphatic hydroxyl groups is 1. The Morgan fingerprint density at radius 2 is 2.41 bits per heavy atom. The number of carbonyl (C=O) groups is 1. The molecule has 0 amide bonds. The van der Waals surface area contributed by atoms with Gasteiger partial charge in [0.1, 0.15) is 5.69 Å². The van der Waals surface area contributed by atoms with E-state index in [1.54, 1.807) is 12.3 Å². The van der Waals surface area contributed by atoms with Crippen LogP contribution in [0.15, 0.2) is 18.3 Å². The molecule has 1 aliphatic rings. The van der Waals surface area contributed by atoms with E-state index in [9.17, 15) is 9.90 Å². The summed E-state index contributed by atoms with van der Waals surface area (Å²) in [4.78, 5) is 17.5. The van der Waals surface area contributed by atoms with Crippen LogP contribution < -0.4 is 4.90 Å². The molecule has 92 valence electrons. The lowest BCUT2D eigenvalue weighted by Crippen LogP contribution is -2.36. The number of pyridine rings is 1. The van der Waals surface area contributed by atoms with Crippen LogP contribution in [0.2, 0.25) is 0 Å². The second-order valence-electron chi connectivity index (χ2n) is 4.59. The molecule has 1 fully saturated rings. The number of nitrogens with zero attached hydrogens (tertiary/aromatic N) is 2. The minimum Gasteiger partial charge on any atom is -0.396 e.